The monoisotopic (exact) mass is 567 g/mol. The lowest BCUT2D eigenvalue weighted by Crippen LogP contribution is -2.37. The molecule has 0 heterocycles. The molecule has 0 aliphatic heterocycles. The molecule has 0 saturated carbocycles. The summed E-state index contributed by atoms with van der Waals surface area (Å²) < 4.78 is 26.4. The normalized spacial score (nSPS) is 15.5. The third-order valence-electron chi connectivity index (χ3n) is 5.20. The average Bonchev–Trinajstić information content (AvgIpc) is 2.86. The van der Waals surface area contributed by atoms with Crippen LogP contribution in [0.3, 0.4) is 0 Å². The van der Waals surface area contributed by atoms with Crippen LogP contribution in [0.25, 0.3) is 0 Å². The van der Waals surface area contributed by atoms with Crippen LogP contribution < -0.4 is 4.89 Å². The molecule has 0 spiro atoms. The highest BCUT2D eigenvalue weighted by Crippen LogP contribution is 2.38. The second-order valence-electron chi connectivity index (χ2n) is 10.1. The first-order valence-electron chi connectivity index (χ1n) is 13.8. The van der Waals surface area contributed by atoms with E-state index in [9.17, 15) is 19.4 Å². The second-order valence-corrected chi connectivity index (χ2v) is 11.5. The summed E-state index contributed by atoms with van der Waals surface area (Å²) in [6.07, 6.45) is 31.0. The molecule has 0 aliphatic rings. The van der Waals surface area contributed by atoms with E-state index in [-0.39, 0.29) is 6.61 Å². The fourth-order valence-corrected chi connectivity index (χ4v) is 3.69. The molecule has 0 rings (SSSR count). The number of aliphatic hydroxyl groups excluding tert-OH is 1. The highest BCUT2D eigenvalue weighted by Gasteiger charge is 2.16. The number of unbranched alkanes of at least 4 members (excludes halogenated alkanes) is 7. The molecule has 0 bridgehead atoms. The zero-order valence-corrected chi connectivity index (χ0v) is 25.2. The molecule has 0 aliphatic carbocycles. The number of allylic oxidation sites excluding steroid dienone is 11. The first-order chi connectivity index (χ1) is 18.6. The SMILES string of the molecule is CCCCCCCCC/C=C/C=C/C=C/C=C/C=C/C=C/C(=O)OCC(O)COP(=O)([O-])OCC[N+](C)(C)C. The number of carbonyl (C=O) groups excluding carboxylic acids is 1. The molecule has 0 aromatic carbocycles. The standard InChI is InChI=1S/C30H50NO7P/c1-5-6-7-8-9-10-11-12-13-14-15-16-17-18-19-20-21-22-23-24-30(33)36-27-29(32)28-38-39(34,35)37-26-25-31(2,3)4/h13-24,29,32H,5-12,25-28H2,1-4H3/b14-13+,16-15+,18-17+,20-19+,22-21+,24-23+. The van der Waals surface area contributed by atoms with Gasteiger partial charge in [0.1, 0.15) is 25.9 Å². The molecule has 2 unspecified atom stereocenters. The van der Waals surface area contributed by atoms with E-state index in [0.29, 0.717) is 11.0 Å². The lowest BCUT2D eigenvalue weighted by molar-refractivity contribution is -0.870. The maximum Gasteiger partial charge on any atom is 0.330 e. The maximum atomic E-state index is 11.7. The Hall–Kier alpha value is -2.06. The third-order valence-corrected chi connectivity index (χ3v) is 6.16. The number of hydrogen-bond donors (Lipinski definition) is 1. The van der Waals surface area contributed by atoms with E-state index in [1.807, 2.05) is 57.6 Å². The van der Waals surface area contributed by atoms with Gasteiger partial charge in [0.15, 0.2) is 0 Å². The van der Waals surface area contributed by atoms with Crippen LogP contribution in [0, 0.1) is 0 Å². The van der Waals surface area contributed by atoms with Gasteiger partial charge in [0.2, 0.25) is 0 Å². The summed E-state index contributed by atoms with van der Waals surface area (Å²) in [6, 6.07) is 0. The van der Waals surface area contributed by atoms with Crippen LogP contribution in [-0.2, 0) is 23.1 Å². The number of nitrogens with zero attached hydrogens (tertiary/aromatic N) is 1. The Kier molecular flexibility index (Phi) is 22.5. The van der Waals surface area contributed by atoms with Gasteiger partial charge in [-0.3, -0.25) is 4.57 Å². The van der Waals surface area contributed by atoms with Crippen molar-refractivity contribution in [2.24, 2.45) is 0 Å². The number of quaternary nitrogens is 1. The fourth-order valence-electron chi connectivity index (χ4n) is 2.96. The topological polar surface area (TPSA) is 105 Å². The van der Waals surface area contributed by atoms with Crippen LogP contribution >= 0.6 is 7.82 Å². The van der Waals surface area contributed by atoms with E-state index in [4.69, 9.17) is 9.26 Å². The van der Waals surface area contributed by atoms with E-state index in [2.05, 4.69) is 23.6 Å². The number of hydrogen-bond acceptors (Lipinski definition) is 7. The number of aliphatic hydroxyl groups is 1. The molecule has 0 aromatic heterocycles. The van der Waals surface area contributed by atoms with Crippen LogP contribution in [-0.4, -0.2) is 69.2 Å². The second kappa shape index (κ2) is 23.8. The minimum atomic E-state index is -4.53. The lowest BCUT2D eigenvalue weighted by atomic mass is 10.1. The Bertz CT molecular complexity index is 854. The predicted molar refractivity (Wildman–Crippen MR) is 157 cm³/mol. The van der Waals surface area contributed by atoms with Crippen molar-refractivity contribution in [3.8, 4) is 0 Å². The smallest absolute Gasteiger partial charge is 0.330 e. The summed E-state index contributed by atoms with van der Waals surface area (Å²) in [5.41, 5.74) is 0. The van der Waals surface area contributed by atoms with E-state index in [0.717, 1.165) is 6.42 Å². The summed E-state index contributed by atoms with van der Waals surface area (Å²) in [6.45, 7) is 1.71. The average molecular weight is 568 g/mol. The maximum absolute atomic E-state index is 11.7. The largest absolute Gasteiger partial charge is 0.756 e. The molecule has 0 amide bonds. The molecule has 2 atom stereocenters. The molecular formula is C30H50NO7P. The van der Waals surface area contributed by atoms with E-state index >= 15 is 0 Å². The molecule has 1 N–H and O–H groups in total. The van der Waals surface area contributed by atoms with Crippen molar-refractivity contribution in [2.75, 3.05) is 47.5 Å². The van der Waals surface area contributed by atoms with E-state index < -0.39 is 33.1 Å². The number of phosphoric acid groups is 1. The minimum Gasteiger partial charge on any atom is -0.756 e. The first-order valence-corrected chi connectivity index (χ1v) is 15.3. The van der Waals surface area contributed by atoms with Crippen molar-refractivity contribution in [3.63, 3.8) is 0 Å². The van der Waals surface area contributed by atoms with Gasteiger partial charge in [-0.1, -0.05) is 112 Å². The lowest BCUT2D eigenvalue weighted by Gasteiger charge is -2.27. The summed E-state index contributed by atoms with van der Waals surface area (Å²) in [4.78, 5) is 23.4. The van der Waals surface area contributed by atoms with Gasteiger partial charge in [-0.15, -0.1) is 0 Å². The van der Waals surface area contributed by atoms with E-state index in [1.165, 1.54) is 57.1 Å². The van der Waals surface area contributed by atoms with Gasteiger partial charge in [-0.2, -0.15) is 0 Å². The number of ether oxygens (including phenoxy) is 1. The van der Waals surface area contributed by atoms with Gasteiger partial charge in [0.25, 0.3) is 7.82 Å². The molecule has 0 saturated heterocycles. The molecular weight excluding hydrogens is 517 g/mol. The van der Waals surface area contributed by atoms with Gasteiger partial charge in [-0.25, -0.2) is 4.79 Å². The van der Waals surface area contributed by atoms with Crippen LogP contribution in [0.1, 0.15) is 58.3 Å². The Morgan fingerprint density at radius 2 is 1.36 bits per heavy atom. The van der Waals surface area contributed by atoms with Crippen molar-refractivity contribution < 1.29 is 37.6 Å². The number of carbonyl (C=O) groups is 1. The molecule has 9 heteroatoms. The first kappa shape index (κ1) is 36.9. The highest BCUT2D eigenvalue weighted by atomic mass is 31.2. The van der Waals surface area contributed by atoms with Gasteiger partial charge >= 0.3 is 5.97 Å². The predicted octanol–water partition coefficient (Wildman–Crippen LogP) is 5.58. The Labute approximate surface area is 236 Å². The quantitative estimate of drug-likeness (QED) is 0.0429. The number of rotatable bonds is 23. The van der Waals surface area contributed by atoms with Crippen molar-refractivity contribution in [3.05, 3.63) is 72.9 Å². The van der Waals surface area contributed by atoms with Gasteiger partial charge in [0.05, 0.1) is 27.7 Å². The summed E-state index contributed by atoms with van der Waals surface area (Å²) >= 11 is 0. The van der Waals surface area contributed by atoms with Crippen LogP contribution in [0.5, 0.6) is 0 Å². The van der Waals surface area contributed by atoms with Crippen molar-refractivity contribution >= 4 is 13.8 Å². The van der Waals surface area contributed by atoms with Gasteiger partial charge in [0, 0.05) is 6.08 Å². The molecule has 222 valence electrons. The van der Waals surface area contributed by atoms with Crippen molar-refractivity contribution in [2.45, 2.75) is 64.4 Å². The number of likely N-dealkylation sites (N-methyl/N-ethyl adjacent to an activating group) is 1. The van der Waals surface area contributed by atoms with Crippen LogP contribution in [0.2, 0.25) is 0 Å². The third kappa shape index (κ3) is 28.8. The van der Waals surface area contributed by atoms with Crippen LogP contribution in [0.15, 0.2) is 72.9 Å². The van der Waals surface area contributed by atoms with Gasteiger partial charge in [-0.05, 0) is 12.8 Å². The molecule has 8 nitrogen and oxygen atoms in total. The number of esters is 1. The highest BCUT2D eigenvalue weighted by molar-refractivity contribution is 7.45. The molecule has 39 heavy (non-hydrogen) atoms. The van der Waals surface area contributed by atoms with Crippen LogP contribution in [0.4, 0.5) is 0 Å². The zero-order chi connectivity index (χ0) is 29.2. The van der Waals surface area contributed by atoms with Crippen molar-refractivity contribution in [1.29, 1.82) is 0 Å². The molecule has 0 aromatic rings. The van der Waals surface area contributed by atoms with Gasteiger partial charge < -0.3 is 28.3 Å². The molecule has 0 fully saturated rings. The summed E-state index contributed by atoms with van der Waals surface area (Å²) in [5.74, 6) is -0.669. The fraction of sp³-hybridized carbons (Fsp3) is 0.567. The number of phosphoric ester groups is 1. The Morgan fingerprint density at radius 3 is 1.95 bits per heavy atom. The summed E-state index contributed by atoms with van der Waals surface area (Å²) in [5, 5.41) is 9.77. The Balaban J connectivity index is 3.95. The van der Waals surface area contributed by atoms with E-state index in [1.54, 1.807) is 12.2 Å². The minimum absolute atomic E-state index is 0.0345. The zero-order valence-electron chi connectivity index (χ0n) is 24.3. The summed E-state index contributed by atoms with van der Waals surface area (Å²) in [7, 11) is 1.16. The van der Waals surface area contributed by atoms with Crippen molar-refractivity contribution in [1.82, 2.24) is 0 Å². The molecule has 0 radical (unpaired) electrons. The Morgan fingerprint density at radius 1 is 0.821 bits per heavy atom.